The summed E-state index contributed by atoms with van der Waals surface area (Å²) in [5.74, 6) is -4.37. The first-order valence-electron chi connectivity index (χ1n) is 4.40. The molecule has 4 nitrogen and oxygen atoms in total. The Hall–Kier alpha value is -1.63. The number of hydrogen-bond donors (Lipinski definition) is 1. The minimum atomic E-state index is -3.29. The van der Waals surface area contributed by atoms with E-state index in [-0.39, 0.29) is 0 Å². The van der Waals surface area contributed by atoms with Gasteiger partial charge in [0.2, 0.25) is 0 Å². The van der Waals surface area contributed by atoms with Gasteiger partial charge < -0.3 is 5.73 Å². The van der Waals surface area contributed by atoms with Crippen LogP contribution in [0.25, 0.3) is 0 Å². The first-order chi connectivity index (χ1) is 7.29. The van der Waals surface area contributed by atoms with Gasteiger partial charge in [0.05, 0.1) is 10.5 Å². The number of nitro groups is 1. The average molecular weight is 232 g/mol. The molecule has 1 aromatic carbocycles. The molecule has 86 valence electrons. The Morgan fingerprint density at radius 1 is 1.44 bits per heavy atom. The summed E-state index contributed by atoms with van der Waals surface area (Å²) >= 11 is 0. The third-order valence-corrected chi connectivity index (χ3v) is 2.66. The molecule has 1 unspecified atom stereocenters. The van der Waals surface area contributed by atoms with Gasteiger partial charge in [0.1, 0.15) is 11.4 Å². The first-order valence-corrected chi connectivity index (χ1v) is 4.40. The fraction of sp³-hybridized carbons (Fsp3) is 0.333. The molecule has 0 spiro atoms. The van der Waals surface area contributed by atoms with Crippen LogP contribution in [0.3, 0.4) is 0 Å². The fourth-order valence-corrected chi connectivity index (χ4v) is 1.68. The number of hydrogen-bond acceptors (Lipinski definition) is 3. The van der Waals surface area contributed by atoms with E-state index in [2.05, 4.69) is 0 Å². The lowest BCUT2D eigenvalue weighted by Crippen LogP contribution is -2.29. The van der Waals surface area contributed by atoms with Gasteiger partial charge >= 0.3 is 0 Å². The number of nitrogens with two attached hydrogens (primary N) is 1. The summed E-state index contributed by atoms with van der Waals surface area (Å²) in [6.45, 7) is 0. The van der Waals surface area contributed by atoms with E-state index in [0.717, 1.165) is 18.2 Å². The van der Waals surface area contributed by atoms with Crippen molar-refractivity contribution in [2.75, 3.05) is 0 Å². The Kier molecular flexibility index (Phi) is 2.00. The van der Waals surface area contributed by atoms with E-state index >= 15 is 0 Å². The number of rotatable bonds is 2. The van der Waals surface area contributed by atoms with Crippen molar-refractivity contribution in [1.29, 1.82) is 0 Å². The molecule has 0 aromatic heterocycles. The topological polar surface area (TPSA) is 69.2 Å². The molecule has 2 rings (SSSR count). The lowest BCUT2D eigenvalue weighted by Gasteiger charge is -2.11. The molecule has 0 amide bonds. The van der Waals surface area contributed by atoms with Crippen molar-refractivity contribution >= 4 is 5.69 Å². The van der Waals surface area contributed by atoms with E-state index in [1.165, 1.54) is 0 Å². The summed E-state index contributed by atoms with van der Waals surface area (Å²) in [5.41, 5.74) is 1.62. The maximum Gasteiger partial charge on any atom is 0.277 e. The summed E-state index contributed by atoms with van der Waals surface area (Å²) in [6.07, 6.45) is -0.776. The number of benzene rings is 1. The van der Waals surface area contributed by atoms with E-state index < -0.39 is 39.9 Å². The van der Waals surface area contributed by atoms with Gasteiger partial charge in [-0.15, -0.1) is 0 Å². The molecule has 0 heterocycles. The summed E-state index contributed by atoms with van der Waals surface area (Å²) in [5, 5.41) is 10.6. The van der Waals surface area contributed by atoms with Crippen LogP contribution in [0.15, 0.2) is 18.2 Å². The second-order valence-electron chi connectivity index (χ2n) is 3.74. The standard InChI is InChI=1S/C9H7F3N2O2/c10-5-2-1-3-6(14(15)16)7(5)8(13)4-9(8,11)12/h1-3H,4,13H2. The zero-order valence-corrected chi connectivity index (χ0v) is 7.91. The second kappa shape index (κ2) is 2.94. The van der Waals surface area contributed by atoms with Crippen LogP contribution in [-0.4, -0.2) is 10.8 Å². The van der Waals surface area contributed by atoms with Crippen molar-refractivity contribution in [2.24, 2.45) is 5.73 Å². The molecule has 0 bridgehead atoms. The van der Waals surface area contributed by atoms with Crippen molar-refractivity contribution in [3.8, 4) is 0 Å². The summed E-state index contributed by atoms with van der Waals surface area (Å²) in [7, 11) is 0. The minimum Gasteiger partial charge on any atom is -0.316 e. The van der Waals surface area contributed by atoms with Crippen LogP contribution in [0.2, 0.25) is 0 Å². The highest BCUT2D eigenvalue weighted by molar-refractivity contribution is 5.51. The quantitative estimate of drug-likeness (QED) is 0.625. The van der Waals surface area contributed by atoms with Crippen molar-refractivity contribution < 1.29 is 18.1 Å². The predicted molar refractivity (Wildman–Crippen MR) is 48.5 cm³/mol. The molecule has 7 heteroatoms. The fourth-order valence-electron chi connectivity index (χ4n) is 1.68. The molecular weight excluding hydrogens is 225 g/mol. The number of alkyl halides is 2. The van der Waals surface area contributed by atoms with Gasteiger partial charge in [0, 0.05) is 12.5 Å². The molecule has 0 aliphatic heterocycles. The second-order valence-corrected chi connectivity index (χ2v) is 3.74. The third kappa shape index (κ3) is 1.28. The lowest BCUT2D eigenvalue weighted by atomic mass is 10.0. The van der Waals surface area contributed by atoms with Crippen LogP contribution in [0.1, 0.15) is 12.0 Å². The van der Waals surface area contributed by atoms with E-state index in [9.17, 15) is 23.3 Å². The van der Waals surface area contributed by atoms with Crippen molar-refractivity contribution in [2.45, 2.75) is 17.9 Å². The number of nitrogens with zero attached hydrogens (tertiary/aromatic N) is 1. The van der Waals surface area contributed by atoms with Crippen LogP contribution in [0.5, 0.6) is 0 Å². The largest absolute Gasteiger partial charge is 0.316 e. The maximum atomic E-state index is 13.4. The van der Waals surface area contributed by atoms with Crippen LogP contribution >= 0.6 is 0 Å². The Balaban J connectivity index is 2.61. The highest BCUT2D eigenvalue weighted by Crippen LogP contribution is 2.59. The van der Waals surface area contributed by atoms with Gasteiger partial charge in [-0.2, -0.15) is 0 Å². The zero-order chi connectivity index (χ0) is 12.1. The molecule has 1 aliphatic rings. The Bertz CT molecular complexity index is 478. The maximum absolute atomic E-state index is 13.4. The van der Waals surface area contributed by atoms with Crippen molar-refractivity contribution in [3.05, 3.63) is 39.7 Å². The highest BCUT2D eigenvalue weighted by atomic mass is 19.3. The van der Waals surface area contributed by atoms with Crippen molar-refractivity contribution in [3.63, 3.8) is 0 Å². The highest BCUT2D eigenvalue weighted by Gasteiger charge is 2.72. The van der Waals surface area contributed by atoms with Crippen LogP contribution < -0.4 is 5.73 Å². The summed E-state index contributed by atoms with van der Waals surface area (Å²) < 4.78 is 39.3. The normalized spacial score (nSPS) is 26.5. The van der Waals surface area contributed by atoms with Gasteiger partial charge in [-0.3, -0.25) is 10.1 Å². The van der Waals surface area contributed by atoms with Gasteiger partial charge in [-0.25, -0.2) is 13.2 Å². The Labute approximate surface area is 88.0 Å². The average Bonchev–Trinajstić information content (AvgIpc) is 2.65. The lowest BCUT2D eigenvalue weighted by molar-refractivity contribution is -0.386. The molecule has 1 aromatic rings. The molecule has 1 fully saturated rings. The molecule has 0 radical (unpaired) electrons. The smallest absolute Gasteiger partial charge is 0.277 e. The van der Waals surface area contributed by atoms with Gasteiger partial charge in [0.15, 0.2) is 0 Å². The zero-order valence-electron chi connectivity index (χ0n) is 7.91. The first kappa shape index (κ1) is 10.9. The number of halogens is 3. The summed E-state index contributed by atoms with van der Waals surface area (Å²) in [6, 6.07) is 2.92. The van der Waals surface area contributed by atoms with Gasteiger partial charge in [0.25, 0.3) is 11.6 Å². The third-order valence-electron chi connectivity index (χ3n) is 2.66. The van der Waals surface area contributed by atoms with Crippen LogP contribution in [0, 0.1) is 15.9 Å². The molecule has 1 atom stereocenters. The number of nitro benzene ring substituents is 1. The SMILES string of the molecule is NC1(c2c(F)cccc2[N+](=O)[O-])CC1(F)F. The Morgan fingerprint density at radius 2 is 2.00 bits per heavy atom. The van der Waals surface area contributed by atoms with E-state index in [4.69, 9.17) is 5.73 Å². The predicted octanol–water partition coefficient (Wildman–Crippen LogP) is 1.93. The summed E-state index contributed by atoms with van der Waals surface area (Å²) in [4.78, 5) is 9.68. The molecule has 16 heavy (non-hydrogen) atoms. The molecule has 0 saturated heterocycles. The van der Waals surface area contributed by atoms with E-state index in [0.29, 0.717) is 0 Å². The van der Waals surface area contributed by atoms with E-state index in [1.54, 1.807) is 0 Å². The van der Waals surface area contributed by atoms with Crippen LogP contribution in [-0.2, 0) is 5.54 Å². The van der Waals surface area contributed by atoms with Crippen LogP contribution in [0.4, 0.5) is 18.9 Å². The molecule has 1 saturated carbocycles. The van der Waals surface area contributed by atoms with Gasteiger partial charge in [-0.1, -0.05) is 6.07 Å². The minimum absolute atomic E-state index is 0.709. The van der Waals surface area contributed by atoms with E-state index in [1.807, 2.05) is 0 Å². The molecule has 1 aliphatic carbocycles. The molecular formula is C9H7F3N2O2. The van der Waals surface area contributed by atoms with Crippen molar-refractivity contribution in [1.82, 2.24) is 0 Å². The monoisotopic (exact) mass is 232 g/mol. The molecule has 2 N–H and O–H groups in total. The van der Waals surface area contributed by atoms with Gasteiger partial charge in [-0.05, 0) is 6.07 Å². The Morgan fingerprint density at radius 3 is 2.44 bits per heavy atom.